The molecule has 5 unspecified atom stereocenters. The second-order valence-corrected chi connectivity index (χ2v) is 6.73. The molecule has 1 aliphatic carbocycles. The van der Waals surface area contributed by atoms with Crippen LogP contribution in [0.5, 0.6) is 0 Å². The lowest BCUT2D eigenvalue weighted by Crippen LogP contribution is -2.56. The number of likely N-dealkylation sites (N-methyl/N-ethyl adjacent to an activating group) is 1. The lowest BCUT2D eigenvalue weighted by molar-refractivity contribution is -0.131. The van der Waals surface area contributed by atoms with Gasteiger partial charge in [-0.25, -0.2) is 0 Å². The van der Waals surface area contributed by atoms with E-state index in [-0.39, 0.29) is 29.5 Å². The molecule has 0 spiro atoms. The van der Waals surface area contributed by atoms with E-state index in [4.69, 9.17) is 16.4 Å². The van der Waals surface area contributed by atoms with E-state index in [0.717, 1.165) is 38.8 Å². The van der Waals surface area contributed by atoms with Crippen molar-refractivity contribution in [3.05, 3.63) is 0 Å². The van der Waals surface area contributed by atoms with E-state index in [2.05, 4.69) is 33.4 Å². The molecule has 21 heavy (non-hydrogen) atoms. The lowest BCUT2D eigenvalue weighted by atomic mass is 9.88. The SMILES string of the molecule is CN1CCNC1C1NOC(NC(=O)C2CCCC(Cl)C2)N1. The van der Waals surface area contributed by atoms with Gasteiger partial charge in [-0.3, -0.25) is 25.2 Å². The first-order valence-electron chi connectivity index (χ1n) is 7.69. The minimum atomic E-state index is -0.492. The van der Waals surface area contributed by atoms with E-state index < -0.39 is 6.35 Å². The first kappa shape index (κ1) is 15.5. The van der Waals surface area contributed by atoms with Gasteiger partial charge in [0.1, 0.15) is 6.17 Å². The number of alkyl halides is 1. The average Bonchev–Trinajstić information content (AvgIpc) is 3.07. The summed E-state index contributed by atoms with van der Waals surface area (Å²) < 4.78 is 0. The highest BCUT2D eigenvalue weighted by atomic mass is 35.5. The fraction of sp³-hybridized carbons (Fsp3) is 0.923. The third kappa shape index (κ3) is 3.67. The van der Waals surface area contributed by atoms with Gasteiger partial charge in [-0.15, -0.1) is 11.6 Å². The molecule has 0 radical (unpaired) electrons. The molecule has 120 valence electrons. The quantitative estimate of drug-likeness (QED) is 0.526. The Kier molecular flexibility index (Phi) is 4.98. The van der Waals surface area contributed by atoms with Crippen LogP contribution in [0.4, 0.5) is 0 Å². The Morgan fingerprint density at radius 1 is 1.43 bits per heavy atom. The van der Waals surface area contributed by atoms with Crippen molar-refractivity contribution in [1.29, 1.82) is 0 Å². The zero-order valence-corrected chi connectivity index (χ0v) is 13.0. The van der Waals surface area contributed by atoms with Crippen LogP contribution in [0.1, 0.15) is 25.7 Å². The Labute approximate surface area is 130 Å². The van der Waals surface area contributed by atoms with E-state index in [1.165, 1.54) is 0 Å². The zero-order valence-electron chi connectivity index (χ0n) is 12.3. The molecule has 4 N–H and O–H groups in total. The number of hydrogen-bond acceptors (Lipinski definition) is 6. The van der Waals surface area contributed by atoms with Crippen LogP contribution in [-0.2, 0) is 9.63 Å². The number of hydroxylamine groups is 1. The third-order valence-electron chi connectivity index (χ3n) is 4.51. The van der Waals surface area contributed by atoms with Crippen molar-refractivity contribution in [2.75, 3.05) is 20.1 Å². The summed E-state index contributed by atoms with van der Waals surface area (Å²) in [6, 6.07) is 0. The molecule has 2 saturated heterocycles. The van der Waals surface area contributed by atoms with Crippen LogP contribution in [0.25, 0.3) is 0 Å². The maximum atomic E-state index is 12.2. The number of carbonyl (C=O) groups is 1. The van der Waals surface area contributed by atoms with E-state index in [1.807, 2.05) is 0 Å². The van der Waals surface area contributed by atoms with Crippen molar-refractivity contribution >= 4 is 17.5 Å². The van der Waals surface area contributed by atoms with Gasteiger partial charge in [0.25, 0.3) is 0 Å². The van der Waals surface area contributed by atoms with Gasteiger partial charge in [0.2, 0.25) is 12.3 Å². The Morgan fingerprint density at radius 2 is 2.29 bits per heavy atom. The molecular formula is C13H24ClN5O2. The van der Waals surface area contributed by atoms with Gasteiger partial charge in [0.05, 0.1) is 6.17 Å². The van der Waals surface area contributed by atoms with Gasteiger partial charge in [0, 0.05) is 24.4 Å². The first-order valence-corrected chi connectivity index (χ1v) is 8.12. The van der Waals surface area contributed by atoms with Crippen molar-refractivity contribution in [1.82, 2.24) is 26.3 Å². The molecule has 8 heteroatoms. The van der Waals surface area contributed by atoms with Crippen molar-refractivity contribution < 1.29 is 9.63 Å². The maximum Gasteiger partial charge on any atom is 0.226 e. The Balaban J connectivity index is 1.47. The van der Waals surface area contributed by atoms with Crippen LogP contribution < -0.4 is 21.4 Å². The third-order valence-corrected chi connectivity index (χ3v) is 4.90. The highest BCUT2D eigenvalue weighted by Crippen LogP contribution is 2.28. The Hall–Kier alpha value is -0.440. The maximum absolute atomic E-state index is 12.2. The minimum absolute atomic E-state index is 0.00187. The molecule has 2 heterocycles. The summed E-state index contributed by atoms with van der Waals surface area (Å²) in [6.45, 7) is 1.96. The second-order valence-electron chi connectivity index (χ2n) is 6.11. The topological polar surface area (TPSA) is 77.7 Å². The number of hydrogen-bond donors (Lipinski definition) is 4. The molecule has 3 aliphatic rings. The molecule has 0 aromatic carbocycles. The molecule has 0 aromatic heterocycles. The van der Waals surface area contributed by atoms with Gasteiger partial charge in [-0.1, -0.05) is 6.42 Å². The van der Waals surface area contributed by atoms with Gasteiger partial charge in [-0.2, -0.15) is 5.48 Å². The van der Waals surface area contributed by atoms with E-state index >= 15 is 0 Å². The summed E-state index contributed by atoms with van der Waals surface area (Å²) in [7, 11) is 2.06. The summed E-state index contributed by atoms with van der Waals surface area (Å²) >= 11 is 6.14. The molecule has 5 atom stereocenters. The van der Waals surface area contributed by atoms with Gasteiger partial charge in [0.15, 0.2) is 0 Å². The summed E-state index contributed by atoms with van der Waals surface area (Å²) in [5.74, 6) is 0.0195. The van der Waals surface area contributed by atoms with Crippen LogP contribution in [0.3, 0.4) is 0 Å². The van der Waals surface area contributed by atoms with Gasteiger partial charge in [-0.05, 0) is 26.3 Å². The molecule has 7 nitrogen and oxygen atoms in total. The van der Waals surface area contributed by atoms with E-state index in [9.17, 15) is 4.79 Å². The highest BCUT2D eigenvalue weighted by Gasteiger charge is 2.37. The van der Waals surface area contributed by atoms with E-state index in [0.29, 0.717) is 0 Å². The van der Waals surface area contributed by atoms with Gasteiger partial charge >= 0.3 is 0 Å². The summed E-state index contributed by atoms with van der Waals surface area (Å²) in [4.78, 5) is 19.9. The second kappa shape index (κ2) is 6.76. The highest BCUT2D eigenvalue weighted by molar-refractivity contribution is 6.20. The summed E-state index contributed by atoms with van der Waals surface area (Å²) in [5, 5.41) is 9.64. The predicted molar refractivity (Wildman–Crippen MR) is 79.1 cm³/mol. The monoisotopic (exact) mass is 317 g/mol. The largest absolute Gasteiger partial charge is 0.317 e. The number of amides is 1. The number of nitrogens with one attached hydrogen (secondary N) is 4. The van der Waals surface area contributed by atoms with Crippen molar-refractivity contribution in [2.45, 2.75) is 49.7 Å². The fourth-order valence-corrected chi connectivity index (χ4v) is 3.64. The van der Waals surface area contributed by atoms with Crippen LogP contribution >= 0.6 is 11.6 Å². The molecule has 1 saturated carbocycles. The Morgan fingerprint density at radius 3 is 3.00 bits per heavy atom. The molecule has 2 aliphatic heterocycles. The van der Waals surface area contributed by atoms with Crippen LogP contribution in [-0.4, -0.2) is 55.0 Å². The van der Waals surface area contributed by atoms with Crippen molar-refractivity contribution in [2.24, 2.45) is 5.92 Å². The Bertz CT molecular complexity index is 386. The number of carbonyl (C=O) groups excluding carboxylic acids is 1. The molecule has 0 aromatic rings. The minimum Gasteiger partial charge on any atom is -0.317 e. The molecular weight excluding hydrogens is 294 g/mol. The number of halogens is 1. The van der Waals surface area contributed by atoms with Crippen LogP contribution in [0.2, 0.25) is 0 Å². The first-order chi connectivity index (χ1) is 10.1. The molecule has 3 rings (SSSR count). The van der Waals surface area contributed by atoms with Crippen molar-refractivity contribution in [3.63, 3.8) is 0 Å². The molecule has 1 amide bonds. The predicted octanol–water partition coefficient (Wildman–Crippen LogP) is -0.505. The standard InChI is InChI=1S/C13H24ClN5O2/c1-19-6-5-15-11(19)10-16-13(21-18-10)17-12(20)8-3-2-4-9(14)7-8/h8-11,13,15-16,18H,2-7H2,1H3,(H,17,20). The number of rotatable bonds is 3. The van der Waals surface area contributed by atoms with E-state index in [1.54, 1.807) is 0 Å². The smallest absolute Gasteiger partial charge is 0.226 e. The fourth-order valence-electron chi connectivity index (χ4n) is 3.27. The number of nitrogens with zero attached hydrogens (tertiary/aromatic N) is 1. The van der Waals surface area contributed by atoms with Crippen molar-refractivity contribution in [3.8, 4) is 0 Å². The van der Waals surface area contributed by atoms with Crippen LogP contribution in [0.15, 0.2) is 0 Å². The van der Waals surface area contributed by atoms with Gasteiger partial charge < -0.3 is 5.32 Å². The zero-order chi connectivity index (χ0) is 14.8. The molecule has 0 bridgehead atoms. The average molecular weight is 318 g/mol. The summed E-state index contributed by atoms with van der Waals surface area (Å²) in [6.07, 6.45) is 3.31. The normalized spacial score (nSPS) is 41.3. The molecule has 3 fully saturated rings. The summed E-state index contributed by atoms with van der Waals surface area (Å²) in [5.41, 5.74) is 2.94. The van der Waals surface area contributed by atoms with Crippen LogP contribution in [0, 0.1) is 5.92 Å². The lowest BCUT2D eigenvalue weighted by Gasteiger charge is -2.26.